The lowest BCUT2D eigenvalue weighted by Gasteiger charge is -2.31. The van der Waals surface area contributed by atoms with Crippen LogP contribution in [0.2, 0.25) is 0 Å². The van der Waals surface area contributed by atoms with Gasteiger partial charge in [-0.2, -0.15) is 0 Å². The summed E-state index contributed by atoms with van der Waals surface area (Å²) in [6.07, 6.45) is 3.38. The minimum atomic E-state index is -0.187. The molecule has 1 saturated heterocycles. The van der Waals surface area contributed by atoms with Crippen molar-refractivity contribution < 1.29 is 19.1 Å². The van der Waals surface area contributed by atoms with Crippen molar-refractivity contribution >= 4 is 24.2 Å². The van der Waals surface area contributed by atoms with Crippen LogP contribution in [-0.4, -0.2) is 49.0 Å². The highest BCUT2D eigenvalue weighted by atomic mass is 35.5. The molecule has 0 spiro atoms. The van der Waals surface area contributed by atoms with Crippen molar-refractivity contribution in [3.8, 4) is 5.75 Å². The standard InChI is InChI=1S/C19H27NO4.ClH/c1-3-19(22)16-5-7-17(8-6-16)23-14-4-11-20-12-9-18(10-13-20)24-15(2)21;/h5-8,18H,3-4,9-14H2,1-2H3;1H. The fraction of sp³-hybridized carbons (Fsp3) is 0.579. The molecule has 5 nitrogen and oxygen atoms in total. The lowest BCUT2D eigenvalue weighted by atomic mass is 10.1. The van der Waals surface area contributed by atoms with Crippen molar-refractivity contribution in [2.75, 3.05) is 26.2 Å². The Labute approximate surface area is 156 Å². The van der Waals surface area contributed by atoms with Gasteiger partial charge in [-0.25, -0.2) is 0 Å². The van der Waals surface area contributed by atoms with Crippen molar-refractivity contribution in [1.82, 2.24) is 4.90 Å². The number of benzene rings is 1. The van der Waals surface area contributed by atoms with Crippen LogP contribution in [0.4, 0.5) is 0 Å². The van der Waals surface area contributed by atoms with Gasteiger partial charge in [-0.15, -0.1) is 12.4 Å². The summed E-state index contributed by atoms with van der Waals surface area (Å²) >= 11 is 0. The maximum atomic E-state index is 11.6. The van der Waals surface area contributed by atoms with Crippen LogP contribution in [0.1, 0.15) is 49.9 Å². The third-order valence-corrected chi connectivity index (χ3v) is 4.25. The number of nitrogens with zero attached hydrogens (tertiary/aromatic N) is 1. The summed E-state index contributed by atoms with van der Waals surface area (Å²) in [5, 5.41) is 0. The Morgan fingerprint density at radius 2 is 1.80 bits per heavy atom. The maximum absolute atomic E-state index is 11.6. The van der Waals surface area contributed by atoms with E-state index in [0.717, 1.165) is 50.2 Å². The Balaban J connectivity index is 0.00000312. The summed E-state index contributed by atoms with van der Waals surface area (Å²) in [5.74, 6) is 0.767. The third-order valence-electron chi connectivity index (χ3n) is 4.25. The maximum Gasteiger partial charge on any atom is 0.302 e. The zero-order valence-corrected chi connectivity index (χ0v) is 15.8. The first kappa shape index (κ1) is 21.5. The number of esters is 1. The average molecular weight is 370 g/mol. The van der Waals surface area contributed by atoms with Crippen LogP contribution in [0, 0.1) is 0 Å². The zero-order valence-electron chi connectivity index (χ0n) is 15.0. The first-order valence-corrected chi connectivity index (χ1v) is 8.74. The molecule has 1 fully saturated rings. The molecule has 2 rings (SSSR count). The summed E-state index contributed by atoms with van der Waals surface area (Å²) in [5.41, 5.74) is 0.737. The van der Waals surface area contributed by atoms with E-state index in [1.165, 1.54) is 6.92 Å². The molecule has 1 heterocycles. The second kappa shape index (κ2) is 11.1. The van der Waals surface area contributed by atoms with Crippen molar-refractivity contribution in [2.45, 2.75) is 45.6 Å². The number of ether oxygens (including phenoxy) is 2. The number of rotatable bonds is 8. The molecular weight excluding hydrogens is 342 g/mol. The van der Waals surface area contributed by atoms with E-state index < -0.39 is 0 Å². The highest BCUT2D eigenvalue weighted by Gasteiger charge is 2.20. The number of carbonyl (C=O) groups excluding carboxylic acids is 2. The number of likely N-dealkylation sites (tertiary alicyclic amines) is 1. The van der Waals surface area contributed by atoms with E-state index in [1.54, 1.807) is 0 Å². The molecule has 1 aliphatic heterocycles. The van der Waals surface area contributed by atoms with Gasteiger partial charge >= 0.3 is 5.97 Å². The predicted molar refractivity (Wildman–Crippen MR) is 99.7 cm³/mol. The van der Waals surface area contributed by atoms with Gasteiger partial charge in [0.15, 0.2) is 5.78 Å². The Kier molecular flexibility index (Phi) is 9.53. The molecule has 0 N–H and O–H groups in total. The van der Waals surface area contributed by atoms with Crippen molar-refractivity contribution in [2.24, 2.45) is 0 Å². The Bertz CT molecular complexity index is 539. The molecule has 0 amide bonds. The third kappa shape index (κ3) is 7.45. The second-order valence-electron chi connectivity index (χ2n) is 6.15. The topological polar surface area (TPSA) is 55.8 Å². The van der Waals surface area contributed by atoms with Crippen LogP contribution >= 0.6 is 12.4 Å². The fourth-order valence-corrected chi connectivity index (χ4v) is 2.90. The van der Waals surface area contributed by atoms with Gasteiger partial charge < -0.3 is 14.4 Å². The number of hydrogen-bond acceptors (Lipinski definition) is 5. The zero-order chi connectivity index (χ0) is 17.4. The molecule has 6 heteroatoms. The first-order chi connectivity index (χ1) is 11.6. The van der Waals surface area contributed by atoms with E-state index in [9.17, 15) is 9.59 Å². The van der Waals surface area contributed by atoms with Gasteiger partial charge in [-0.3, -0.25) is 9.59 Å². The van der Waals surface area contributed by atoms with Crippen LogP contribution in [0.15, 0.2) is 24.3 Å². The molecule has 0 atom stereocenters. The van der Waals surface area contributed by atoms with E-state index in [4.69, 9.17) is 9.47 Å². The average Bonchev–Trinajstić information content (AvgIpc) is 2.59. The number of piperidine rings is 1. The van der Waals surface area contributed by atoms with Gasteiger partial charge in [0, 0.05) is 38.5 Å². The Morgan fingerprint density at radius 1 is 1.16 bits per heavy atom. The largest absolute Gasteiger partial charge is 0.494 e. The molecule has 1 aromatic rings. The Morgan fingerprint density at radius 3 is 2.36 bits per heavy atom. The van der Waals surface area contributed by atoms with Crippen molar-refractivity contribution in [1.29, 1.82) is 0 Å². The van der Waals surface area contributed by atoms with Gasteiger partial charge in [0.05, 0.1) is 6.61 Å². The SMILES string of the molecule is CCC(=O)c1ccc(OCCCN2CCC(OC(C)=O)CC2)cc1.Cl. The number of halogens is 1. The lowest BCUT2D eigenvalue weighted by Crippen LogP contribution is -2.38. The highest BCUT2D eigenvalue weighted by Crippen LogP contribution is 2.15. The molecule has 0 aliphatic carbocycles. The molecule has 1 aromatic carbocycles. The van der Waals surface area contributed by atoms with Gasteiger partial charge in [0.1, 0.15) is 11.9 Å². The summed E-state index contributed by atoms with van der Waals surface area (Å²) in [4.78, 5) is 24.9. The van der Waals surface area contributed by atoms with Crippen LogP contribution in [-0.2, 0) is 9.53 Å². The highest BCUT2D eigenvalue weighted by molar-refractivity contribution is 5.95. The summed E-state index contributed by atoms with van der Waals surface area (Å²) in [6.45, 7) is 6.90. The number of Topliss-reactive ketones (excluding diaryl/α,β-unsaturated/α-hetero) is 1. The molecule has 0 radical (unpaired) electrons. The Hall–Kier alpha value is -1.59. The molecule has 1 aliphatic rings. The summed E-state index contributed by atoms with van der Waals surface area (Å²) in [6, 6.07) is 7.35. The molecular formula is C19H28ClNO4. The quantitative estimate of drug-likeness (QED) is 0.399. The molecule has 140 valence electrons. The molecule has 0 aromatic heterocycles. The monoisotopic (exact) mass is 369 g/mol. The van der Waals surface area contributed by atoms with Crippen LogP contribution < -0.4 is 4.74 Å². The van der Waals surface area contributed by atoms with E-state index in [2.05, 4.69) is 4.90 Å². The van der Waals surface area contributed by atoms with Gasteiger partial charge in [-0.05, 0) is 43.5 Å². The van der Waals surface area contributed by atoms with Gasteiger partial charge in [0.25, 0.3) is 0 Å². The normalized spacial score (nSPS) is 15.3. The van der Waals surface area contributed by atoms with Crippen LogP contribution in [0.25, 0.3) is 0 Å². The number of hydrogen-bond donors (Lipinski definition) is 0. The lowest BCUT2D eigenvalue weighted by molar-refractivity contribution is -0.148. The molecule has 0 bridgehead atoms. The van der Waals surface area contributed by atoms with Crippen LogP contribution in [0.3, 0.4) is 0 Å². The molecule has 0 unspecified atom stereocenters. The summed E-state index contributed by atoms with van der Waals surface area (Å²) < 4.78 is 11.0. The number of ketones is 1. The van der Waals surface area contributed by atoms with E-state index in [-0.39, 0.29) is 30.3 Å². The minimum Gasteiger partial charge on any atom is -0.494 e. The molecule has 0 saturated carbocycles. The smallest absolute Gasteiger partial charge is 0.302 e. The van der Waals surface area contributed by atoms with Crippen molar-refractivity contribution in [3.05, 3.63) is 29.8 Å². The second-order valence-corrected chi connectivity index (χ2v) is 6.15. The van der Waals surface area contributed by atoms with Crippen LogP contribution in [0.5, 0.6) is 5.75 Å². The predicted octanol–water partition coefficient (Wildman–Crippen LogP) is 3.50. The molecule has 25 heavy (non-hydrogen) atoms. The first-order valence-electron chi connectivity index (χ1n) is 8.74. The minimum absolute atomic E-state index is 0. The van der Waals surface area contributed by atoms with E-state index >= 15 is 0 Å². The van der Waals surface area contributed by atoms with E-state index in [1.807, 2.05) is 31.2 Å². The van der Waals surface area contributed by atoms with E-state index in [0.29, 0.717) is 13.0 Å². The van der Waals surface area contributed by atoms with Crippen molar-refractivity contribution in [3.63, 3.8) is 0 Å². The van der Waals surface area contributed by atoms with Gasteiger partial charge in [-0.1, -0.05) is 6.92 Å². The summed E-state index contributed by atoms with van der Waals surface area (Å²) in [7, 11) is 0. The number of carbonyl (C=O) groups is 2. The van der Waals surface area contributed by atoms with Gasteiger partial charge in [0.2, 0.25) is 0 Å². The fourth-order valence-electron chi connectivity index (χ4n) is 2.90.